The average Bonchev–Trinajstić information content (AvgIpc) is 2.56. The number of hydrogen-bond acceptors (Lipinski definition) is 3. The third kappa shape index (κ3) is 3.37. The molecule has 114 valence electrons. The lowest BCUT2D eigenvalue weighted by Gasteiger charge is -2.03. The first-order valence-corrected chi connectivity index (χ1v) is 7.25. The molecule has 1 amide bonds. The second kappa shape index (κ2) is 6.32. The van der Waals surface area contributed by atoms with Gasteiger partial charge in [-0.25, -0.2) is 5.43 Å². The maximum atomic E-state index is 12.0. The first kappa shape index (κ1) is 14.8. The minimum Gasteiger partial charge on any atom is -0.507 e. The molecule has 0 bridgehead atoms. The Morgan fingerprint density at radius 2 is 1.70 bits per heavy atom. The van der Waals surface area contributed by atoms with E-state index in [0.29, 0.717) is 11.1 Å². The highest BCUT2D eigenvalue weighted by Gasteiger charge is 2.04. The summed E-state index contributed by atoms with van der Waals surface area (Å²) >= 11 is 0. The quantitative estimate of drug-likeness (QED) is 0.573. The van der Waals surface area contributed by atoms with Crippen molar-refractivity contribution in [1.29, 1.82) is 0 Å². The molecular weight excluding hydrogens is 288 g/mol. The van der Waals surface area contributed by atoms with E-state index in [4.69, 9.17) is 0 Å². The molecule has 4 heteroatoms. The maximum absolute atomic E-state index is 12.0. The number of nitrogens with one attached hydrogen (secondary N) is 1. The van der Waals surface area contributed by atoms with Crippen LogP contribution in [-0.4, -0.2) is 17.2 Å². The van der Waals surface area contributed by atoms with Crippen molar-refractivity contribution in [2.75, 3.05) is 0 Å². The summed E-state index contributed by atoms with van der Waals surface area (Å²) in [4.78, 5) is 12.0. The Morgan fingerprint density at radius 1 is 1.04 bits per heavy atom. The second-order valence-electron chi connectivity index (χ2n) is 5.32. The lowest BCUT2D eigenvalue weighted by atomic mass is 10.1. The van der Waals surface area contributed by atoms with Crippen LogP contribution in [0.3, 0.4) is 0 Å². The third-order valence-corrected chi connectivity index (χ3v) is 3.58. The van der Waals surface area contributed by atoms with Crippen molar-refractivity contribution in [3.05, 3.63) is 77.4 Å². The summed E-state index contributed by atoms with van der Waals surface area (Å²) in [6.45, 7) is 1.96. The number of amides is 1. The molecule has 2 N–H and O–H groups in total. The number of hydrazone groups is 1. The smallest absolute Gasteiger partial charge is 0.271 e. The molecule has 23 heavy (non-hydrogen) atoms. The minimum atomic E-state index is -0.290. The van der Waals surface area contributed by atoms with Gasteiger partial charge in [-0.15, -0.1) is 0 Å². The van der Waals surface area contributed by atoms with E-state index in [1.807, 2.05) is 49.4 Å². The Labute approximate surface area is 134 Å². The fourth-order valence-corrected chi connectivity index (χ4v) is 2.28. The summed E-state index contributed by atoms with van der Waals surface area (Å²) in [7, 11) is 0. The van der Waals surface area contributed by atoms with Gasteiger partial charge in [-0.2, -0.15) is 5.10 Å². The largest absolute Gasteiger partial charge is 0.507 e. The van der Waals surface area contributed by atoms with Gasteiger partial charge in [-0.1, -0.05) is 42.0 Å². The number of benzene rings is 3. The molecule has 0 fully saturated rings. The van der Waals surface area contributed by atoms with Crippen molar-refractivity contribution >= 4 is 22.9 Å². The molecule has 0 saturated carbocycles. The standard InChI is InChI=1S/C19H16N2O2/c1-13-6-8-14(9-7-13)19(23)21-20-12-17-10-15-4-2-3-5-16(15)11-18(17)22/h2-12,22H,1H3,(H,21,23). The molecule has 3 aromatic carbocycles. The van der Waals surface area contributed by atoms with E-state index in [-0.39, 0.29) is 11.7 Å². The lowest BCUT2D eigenvalue weighted by molar-refractivity contribution is 0.0955. The number of aryl methyl sites for hydroxylation is 1. The van der Waals surface area contributed by atoms with E-state index in [9.17, 15) is 9.90 Å². The molecule has 4 nitrogen and oxygen atoms in total. The Balaban J connectivity index is 1.76. The molecule has 0 heterocycles. The minimum absolute atomic E-state index is 0.122. The number of carbonyl (C=O) groups is 1. The van der Waals surface area contributed by atoms with Crippen molar-refractivity contribution in [1.82, 2.24) is 5.43 Å². The fourth-order valence-electron chi connectivity index (χ4n) is 2.28. The Bertz CT molecular complexity index is 884. The molecule has 0 aliphatic carbocycles. The van der Waals surface area contributed by atoms with Crippen molar-refractivity contribution in [2.24, 2.45) is 5.10 Å². The normalized spacial score (nSPS) is 11.0. The average molecular weight is 304 g/mol. The van der Waals surface area contributed by atoms with Crippen LogP contribution in [0, 0.1) is 6.92 Å². The summed E-state index contributed by atoms with van der Waals surface area (Å²) in [5.41, 5.74) is 4.64. The molecule has 3 aromatic rings. The van der Waals surface area contributed by atoms with E-state index in [1.54, 1.807) is 18.2 Å². The zero-order chi connectivity index (χ0) is 16.2. The van der Waals surface area contributed by atoms with Gasteiger partial charge in [0.25, 0.3) is 5.91 Å². The van der Waals surface area contributed by atoms with Crippen LogP contribution >= 0.6 is 0 Å². The molecule has 0 aliphatic heterocycles. The second-order valence-corrected chi connectivity index (χ2v) is 5.32. The molecule has 0 spiro atoms. The van der Waals surface area contributed by atoms with Crippen LogP contribution in [0.25, 0.3) is 10.8 Å². The molecule has 0 atom stereocenters. The summed E-state index contributed by atoms with van der Waals surface area (Å²) in [5, 5.41) is 15.9. The predicted octanol–water partition coefficient (Wildman–Crippen LogP) is 3.62. The number of fused-ring (bicyclic) bond motifs is 1. The number of carbonyl (C=O) groups excluding carboxylic acids is 1. The zero-order valence-corrected chi connectivity index (χ0v) is 12.7. The zero-order valence-electron chi connectivity index (χ0n) is 12.7. The molecule has 0 radical (unpaired) electrons. The van der Waals surface area contributed by atoms with Crippen LogP contribution in [-0.2, 0) is 0 Å². The van der Waals surface area contributed by atoms with Gasteiger partial charge in [-0.3, -0.25) is 4.79 Å². The maximum Gasteiger partial charge on any atom is 0.271 e. The third-order valence-electron chi connectivity index (χ3n) is 3.58. The first-order chi connectivity index (χ1) is 11.1. The van der Waals surface area contributed by atoms with Crippen molar-refractivity contribution < 1.29 is 9.90 Å². The highest BCUT2D eigenvalue weighted by Crippen LogP contribution is 2.23. The summed E-state index contributed by atoms with van der Waals surface area (Å²) in [6.07, 6.45) is 1.44. The highest BCUT2D eigenvalue weighted by molar-refractivity contribution is 5.96. The van der Waals surface area contributed by atoms with E-state index in [2.05, 4.69) is 10.5 Å². The van der Waals surface area contributed by atoms with Gasteiger partial charge >= 0.3 is 0 Å². The Kier molecular flexibility index (Phi) is 4.06. The summed E-state index contributed by atoms with van der Waals surface area (Å²) in [6, 6.07) is 18.5. The molecule has 0 aromatic heterocycles. The SMILES string of the molecule is Cc1ccc(C(=O)NN=Cc2cc3ccccc3cc2O)cc1. The van der Waals surface area contributed by atoms with Gasteiger partial charge in [0, 0.05) is 11.1 Å². The number of aromatic hydroxyl groups is 1. The summed E-state index contributed by atoms with van der Waals surface area (Å²) in [5.74, 6) is -0.168. The number of rotatable bonds is 3. The van der Waals surface area contributed by atoms with Crippen molar-refractivity contribution in [3.8, 4) is 5.75 Å². The molecule has 3 rings (SSSR count). The van der Waals surface area contributed by atoms with E-state index in [1.165, 1.54) is 6.21 Å². The van der Waals surface area contributed by atoms with Gasteiger partial charge in [0.2, 0.25) is 0 Å². The molecule has 0 aliphatic rings. The fraction of sp³-hybridized carbons (Fsp3) is 0.0526. The van der Waals surface area contributed by atoms with Crippen LogP contribution < -0.4 is 5.43 Å². The van der Waals surface area contributed by atoms with Crippen LogP contribution in [0.5, 0.6) is 5.75 Å². The van der Waals surface area contributed by atoms with E-state index >= 15 is 0 Å². The number of phenols is 1. The monoisotopic (exact) mass is 304 g/mol. The summed E-state index contributed by atoms with van der Waals surface area (Å²) < 4.78 is 0. The van der Waals surface area contributed by atoms with Gasteiger partial charge < -0.3 is 5.11 Å². The van der Waals surface area contributed by atoms with Crippen molar-refractivity contribution in [3.63, 3.8) is 0 Å². The van der Waals surface area contributed by atoms with Gasteiger partial charge in [0.15, 0.2) is 0 Å². The topological polar surface area (TPSA) is 61.7 Å². The van der Waals surface area contributed by atoms with Crippen LogP contribution in [0.4, 0.5) is 0 Å². The van der Waals surface area contributed by atoms with E-state index < -0.39 is 0 Å². The van der Waals surface area contributed by atoms with Gasteiger partial charge in [0.1, 0.15) is 5.75 Å². The lowest BCUT2D eigenvalue weighted by Crippen LogP contribution is -2.17. The van der Waals surface area contributed by atoms with Crippen LogP contribution in [0.1, 0.15) is 21.5 Å². The Hall–Kier alpha value is -3.14. The number of hydrogen-bond donors (Lipinski definition) is 2. The van der Waals surface area contributed by atoms with Crippen molar-refractivity contribution in [2.45, 2.75) is 6.92 Å². The van der Waals surface area contributed by atoms with E-state index in [0.717, 1.165) is 16.3 Å². The number of phenolic OH excluding ortho intramolecular Hbond substituents is 1. The Morgan fingerprint density at radius 3 is 2.39 bits per heavy atom. The highest BCUT2D eigenvalue weighted by atomic mass is 16.3. The van der Waals surface area contributed by atoms with Crippen LogP contribution in [0.15, 0.2) is 65.8 Å². The molecular formula is C19H16N2O2. The van der Waals surface area contributed by atoms with Gasteiger partial charge in [-0.05, 0) is 42.0 Å². The van der Waals surface area contributed by atoms with Crippen LogP contribution in [0.2, 0.25) is 0 Å². The van der Waals surface area contributed by atoms with Gasteiger partial charge in [0.05, 0.1) is 6.21 Å². The first-order valence-electron chi connectivity index (χ1n) is 7.25. The predicted molar refractivity (Wildman–Crippen MR) is 91.9 cm³/mol. The molecule has 0 saturated heterocycles. The molecule has 0 unspecified atom stereocenters. The number of nitrogens with zero attached hydrogens (tertiary/aromatic N) is 1.